The highest BCUT2D eigenvalue weighted by molar-refractivity contribution is 5.73. The molecule has 2 bridgehead atoms. The van der Waals surface area contributed by atoms with Crippen molar-refractivity contribution in [1.82, 2.24) is 20.2 Å². The van der Waals surface area contributed by atoms with Crippen LogP contribution in [-0.2, 0) is 0 Å². The minimum Gasteiger partial charge on any atom is -0.507 e. The summed E-state index contributed by atoms with van der Waals surface area (Å²) in [7, 11) is 4.94. The van der Waals surface area contributed by atoms with E-state index in [0.29, 0.717) is 34.8 Å². The Kier molecular flexibility index (Phi) is 6.40. The number of hydrogen-bond acceptors (Lipinski definition) is 8. The number of benzene rings is 1. The summed E-state index contributed by atoms with van der Waals surface area (Å²) in [4.78, 5) is 10.6. The van der Waals surface area contributed by atoms with Gasteiger partial charge in [-0.1, -0.05) is 18.9 Å². The van der Waals surface area contributed by atoms with E-state index in [9.17, 15) is 5.11 Å². The number of ether oxygens (including phenoxy) is 2. The lowest BCUT2D eigenvalue weighted by Crippen LogP contribution is -2.49. The Morgan fingerprint density at radius 3 is 2.57 bits per heavy atom. The number of hydrogen-bond donors (Lipinski definition) is 1. The number of methoxy groups -OCH3 is 2. The van der Waals surface area contributed by atoms with Gasteiger partial charge in [-0.05, 0) is 54.9 Å². The van der Waals surface area contributed by atoms with Crippen LogP contribution >= 0.6 is 0 Å². The first-order valence-corrected chi connectivity index (χ1v) is 12.0. The van der Waals surface area contributed by atoms with Crippen LogP contribution in [0.4, 0.5) is 10.2 Å². The summed E-state index contributed by atoms with van der Waals surface area (Å²) < 4.78 is 25.7. The summed E-state index contributed by atoms with van der Waals surface area (Å²) in [6.45, 7) is 0. The van der Waals surface area contributed by atoms with Gasteiger partial charge in [0.05, 0.1) is 32.0 Å². The number of nitrogens with zero attached hydrogens (tertiary/aromatic N) is 5. The van der Waals surface area contributed by atoms with Crippen LogP contribution in [0.5, 0.6) is 17.4 Å². The molecular formula is C26H30FN5O3. The molecule has 0 saturated heterocycles. The van der Waals surface area contributed by atoms with E-state index in [1.54, 1.807) is 37.7 Å². The van der Waals surface area contributed by atoms with E-state index in [1.165, 1.54) is 13.5 Å². The number of pyridine rings is 1. The second kappa shape index (κ2) is 9.64. The smallest absolute Gasteiger partial charge is 0.256 e. The molecule has 2 aromatic heterocycles. The topological polar surface area (TPSA) is 93.5 Å². The molecule has 184 valence electrons. The number of phenols is 1. The Morgan fingerprint density at radius 2 is 1.86 bits per heavy atom. The zero-order chi connectivity index (χ0) is 24.5. The number of anilines is 1. The largest absolute Gasteiger partial charge is 0.507 e. The lowest BCUT2D eigenvalue weighted by molar-refractivity contribution is 0.0656. The van der Waals surface area contributed by atoms with Gasteiger partial charge in [-0.25, -0.2) is 14.4 Å². The molecule has 0 unspecified atom stereocenters. The highest BCUT2D eigenvalue weighted by Gasteiger charge is 2.42. The summed E-state index contributed by atoms with van der Waals surface area (Å²) in [5, 5.41) is 19.3. The first kappa shape index (κ1) is 23.3. The van der Waals surface area contributed by atoms with E-state index in [2.05, 4.69) is 20.2 Å². The first-order chi connectivity index (χ1) is 17.0. The molecule has 35 heavy (non-hydrogen) atoms. The Morgan fingerprint density at radius 1 is 1.00 bits per heavy atom. The van der Waals surface area contributed by atoms with Gasteiger partial charge in [0.15, 0.2) is 17.4 Å². The van der Waals surface area contributed by atoms with E-state index in [4.69, 9.17) is 9.47 Å². The van der Waals surface area contributed by atoms with Crippen molar-refractivity contribution in [2.75, 3.05) is 26.2 Å². The quantitative estimate of drug-likeness (QED) is 0.545. The summed E-state index contributed by atoms with van der Waals surface area (Å²) in [6.07, 6.45) is 7.52. The molecule has 8 nitrogen and oxygen atoms in total. The fraction of sp³-hybridized carbons (Fsp3) is 0.462. The van der Waals surface area contributed by atoms with Crippen molar-refractivity contribution >= 4 is 5.82 Å². The van der Waals surface area contributed by atoms with Gasteiger partial charge in [-0.2, -0.15) is 0 Å². The van der Waals surface area contributed by atoms with Crippen molar-refractivity contribution in [1.29, 1.82) is 0 Å². The molecule has 0 radical (unpaired) electrons. The molecule has 0 aliphatic heterocycles. The van der Waals surface area contributed by atoms with Crippen LogP contribution in [0.25, 0.3) is 22.5 Å². The fourth-order valence-electron chi connectivity index (χ4n) is 5.51. The van der Waals surface area contributed by atoms with Crippen molar-refractivity contribution in [3.8, 4) is 39.9 Å². The van der Waals surface area contributed by atoms with Gasteiger partial charge in [0.2, 0.25) is 0 Å². The maximum Gasteiger partial charge on any atom is 0.256 e. The molecule has 1 aromatic carbocycles. The number of fused-ring (bicyclic) bond motifs is 2. The summed E-state index contributed by atoms with van der Waals surface area (Å²) in [5.74, 6) is 2.47. The molecule has 2 aliphatic carbocycles. The molecule has 5 rings (SSSR count). The van der Waals surface area contributed by atoms with Crippen LogP contribution in [0.15, 0.2) is 36.7 Å². The van der Waals surface area contributed by atoms with Crippen LogP contribution in [0.3, 0.4) is 0 Å². The fourth-order valence-corrected chi connectivity index (χ4v) is 5.51. The van der Waals surface area contributed by atoms with Crippen LogP contribution in [0, 0.1) is 11.8 Å². The third-order valence-corrected chi connectivity index (χ3v) is 7.43. The van der Waals surface area contributed by atoms with Crippen LogP contribution in [0.2, 0.25) is 0 Å². The van der Waals surface area contributed by atoms with Gasteiger partial charge in [0, 0.05) is 18.8 Å². The second-order valence-corrected chi connectivity index (χ2v) is 9.46. The summed E-state index contributed by atoms with van der Waals surface area (Å²) in [6, 6.07) is 6.79. The standard InChI is InChI=1S/C26H30FN5O3/c1-32(20-10-15-5-4-6-17(9-15)24(20)27)23-14-28-25(31-30-23)19-8-7-16(11-21(19)33)18-12-22(34-2)26(35-3)29-13-18/h7-8,11-15,17,20,24,33H,4-6,9-10H2,1-3H3/t15-,17+,20+,24-/m1/s1. The Bertz CT molecular complexity index is 1190. The molecule has 1 N–H and O–H groups in total. The summed E-state index contributed by atoms with van der Waals surface area (Å²) >= 11 is 0. The number of rotatable bonds is 6. The van der Waals surface area contributed by atoms with Crippen molar-refractivity contribution in [2.24, 2.45) is 11.8 Å². The van der Waals surface area contributed by atoms with Crippen molar-refractivity contribution in [3.05, 3.63) is 36.7 Å². The molecule has 2 saturated carbocycles. The molecule has 3 aromatic rings. The zero-order valence-electron chi connectivity index (χ0n) is 20.2. The third kappa shape index (κ3) is 4.47. The van der Waals surface area contributed by atoms with E-state index < -0.39 is 6.17 Å². The first-order valence-electron chi connectivity index (χ1n) is 12.0. The van der Waals surface area contributed by atoms with Crippen LogP contribution in [-0.4, -0.2) is 58.8 Å². The van der Waals surface area contributed by atoms with Gasteiger partial charge in [-0.3, -0.25) is 0 Å². The maximum absolute atomic E-state index is 15.2. The maximum atomic E-state index is 15.2. The highest BCUT2D eigenvalue weighted by Crippen LogP contribution is 2.43. The van der Waals surface area contributed by atoms with Crippen LogP contribution in [0.1, 0.15) is 32.1 Å². The number of halogens is 1. The Balaban J connectivity index is 1.35. The van der Waals surface area contributed by atoms with Crippen molar-refractivity contribution in [2.45, 2.75) is 44.3 Å². The lowest BCUT2D eigenvalue weighted by Gasteiger charge is -2.45. The van der Waals surface area contributed by atoms with Gasteiger partial charge < -0.3 is 19.5 Å². The molecule has 2 fully saturated rings. The second-order valence-electron chi connectivity index (χ2n) is 9.46. The SMILES string of the molecule is COc1cc(-c2ccc(-c3ncc(N(C)[C@H]4C[C@@H]5CCC[C@@H](C5)[C@H]4F)nn3)c(O)c2)cnc1OC. The van der Waals surface area contributed by atoms with Crippen molar-refractivity contribution in [3.63, 3.8) is 0 Å². The van der Waals surface area contributed by atoms with E-state index in [0.717, 1.165) is 36.8 Å². The lowest BCUT2D eigenvalue weighted by atomic mass is 9.69. The average Bonchev–Trinajstić information content (AvgIpc) is 2.90. The van der Waals surface area contributed by atoms with E-state index >= 15 is 4.39 Å². The minimum atomic E-state index is -0.860. The molecular weight excluding hydrogens is 449 g/mol. The van der Waals surface area contributed by atoms with Crippen molar-refractivity contribution < 1.29 is 19.0 Å². The molecule has 2 aliphatic rings. The molecule has 4 atom stereocenters. The minimum absolute atomic E-state index is 0.0177. The molecule has 0 amide bonds. The van der Waals surface area contributed by atoms with E-state index in [-0.39, 0.29) is 17.7 Å². The van der Waals surface area contributed by atoms with Gasteiger partial charge in [-0.15, -0.1) is 10.2 Å². The van der Waals surface area contributed by atoms with E-state index in [1.807, 2.05) is 18.0 Å². The number of phenolic OH excluding ortho intramolecular Hbond substituents is 1. The summed E-state index contributed by atoms with van der Waals surface area (Å²) in [5.41, 5.74) is 1.97. The Hall–Kier alpha value is -3.49. The molecule has 9 heteroatoms. The monoisotopic (exact) mass is 479 g/mol. The number of alkyl halides is 1. The predicted molar refractivity (Wildman–Crippen MR) is 130 cm³/mol. The third-order valence-electron chi connectivity index (χ3n) is 7.43. The normalized spacial score (nSPS) is 23.5. The number of aromatic nitrogens is 4. The zero-order valence-corrected chi connectivity index (χ0v) is 20.2. The average molecular weight is 480 g/mol. The molecule has 0 spiro atoms. The van der Waals surface area contributed by atoms with Gasteiger partial charge in [0.1, 0.15) is 11.9 Å². The predicted octanol–water partition coefficient (Wildman–Crippen LogP) is 4.68. The van der Waals surface area contributed by atoms with Crippen LogP contribution < -0.4 is 14.4 Å². The Labute approximate surface area is 204 Å². The van der Waals surface area contributed by atoms with Gasteiger partial charge >= 0.3 is 0 Å². The molecule has 2 heterocycles. The number of aromatic hydroxyl groups is 1. The highest BCUT2D eigenvalue weighted by atomic mass is 19.1. The van der Waals surface area contributed by atoms with Gasteiger partial charge in [0.25, 0.3) is 5.88 Å².